The van der Waals surface area contributed by atoms with Gasteiger partial charge in [0.25, 0.3) is 0 Å². The third kappa shape index (κ3) is 3.29. The molecule has 0 fully saturated rings. The third-order valence-electron chi connectivity index (χ3n) is 2.17. The lowest BCUT2D eigenvalue weighted by Crippen LogP contribution is -2.13. The standard InChI is InChI=1S/C12H12ClN3/c13-11-3-1-2-10(6-11)7-15-8-12-4-5-14-9-16-12/h1-6,9,15H,7-8H2. The van der Waals surface area contributed by atoms with E-state index in [1.165, 1.54) is 5.56 Å². The van der Waals surface area contributed by atoms with Crippen molar-refractivity contribution in [2.75, 3.05) is 0 Å². The number of hydrogen-bond donors (Lipinski definition) is 1. The highest BCUT2D eigenvalue weighted by Gasteiger charge is 1.95. The highest BCUT2D eigenvalue weighted by molar-refractivity contribution is 6.30. The highest BCUT2D eigenvalue weighted by atomic mass is 35.5. The zero-order chi connectivity index (χ0) is 11.2. The van der Waals surface area contributed by atoms with Crippen molar-refractivity contribution in [1.29, 1.82) is 0 Å². The molecule has 0 bridgehead atoms. The van der Waals surface area contributed by atoms with Crippen LogP contribution in [-0.4, -0.2) is 9.97 Å². The molecule has 2 aromatic rings. The van der Waals surface area contributed by atoms with Gasteiger partial charge in [-0.1, -0.05) is 23.7 Å². The summed E-state index contributed by atoms with van der Waals surface area (Å²) in [6.45, 7) is 1.51. The van der Waals surface area contributed by atoms with Crippen LogP contribution in [0, 0.1) is 0 Å². The second kappa shape index (κ2) is 5.58. The number of nitrogens with one attached hydrogen (secondary N) is 1. The Labute approximate surface area is 99.5 Å². The molecule has 4 heteroatoms. The summed E-state index contributed by atoms with van der Waals surface area (Å²) in [4.78, 5) is 7.99. The van der Waals surface area contributed by atoms with E-state index >= 15 is 0 Å². The molecule has 2 rings (SSSR count). The molecule has 0 spiro atoms. The minimum Gasteiger partial charge on any atom is -0.307 e. The van der Waals surface area contributed by atoms with Crippen LogP contribution in [0.1, 0.15) is 11.3 Å². The maximum Gasteiger partial charge on any atom is 0.115 e. The molecule has 0 aliphatic carbocycles. The van der Waals surface area contributed by atoms with E-state index in [-0.39, 0.29) is 0 Å². The van der Waals surface area contributed by atoms with Gasteiger partial charge in [0.2, 0.25) is 0 Å². The SMILES string of the molecule is Clc1cccc(CNCc2ccncn2)c1. The van der Waals surface area contributed by atoms with E-state index < -0.39 is 0 Å². The third-order valence-corrected chi connectivity index (χ3v) is 2.40. The summed E-state index contributed by atoms with van der Waals surface area (Å²) < 4.78 is 0. The predicted octanol–water partition coefficient (Wildman–Crippen LogP) is 2.42. The van der Waals surface area contributed by atoms with Crippen molar-refractivity contribution in [3.05, 3.63) is 59.1 Å². The van der Waals surface area contributed by atoms with Crippen molar-refractivity contribution in [3.8, 4) is 0 Å². The van der Waals surface area contributed by atoms with Crippen LogP contribution in [0.25, 0.3) is 0 Å². The number of benzene rings is 1. The van der Waals surface area contributed by atoms with Gasteiger partial charge in [0.15, 0.2) is 0 Å². The molecular weight excluding hydrogens is 222 g/mol. The van der Waals surface area contributed by atoms with E-state index in [4.69, 9.17) is 11.6 Å². The summed E-state index contributed by atoms with van der Waals surface area (Å²) in [7, 11) is 0. The lowest BCUT2D eigenvalue weighted by molar-refractivity contribution is 0.678. The van der Waals surface area contributed by atoms with Crippen molar-refractivity contribution >= 4 is 11.6 Å². The fourth-order valence-electron chi connectivity index (χ4n) is 1.40. The van der Waals surface area contributed by atoms with Crippen LogP contribution in [0.3, 0.4) is 0 Å². The molecule has 82 valence electrons. The van der Waals surface area contributed by atoms with Crippen LogP contribution in [0.4, 0.5) is 0 Å². The molecule has 0 amide bonds. The van der Waals surface area contributed by atoms with Gasteiger partial charge in [-0.3, -0.25) is 0 Å². The molecule has 0 unspecified atom stereocenters. The minimum absolute atomic E-state index is 0.731. The van der Waals surface area contributed by atoms with Gasteiger partial charge in [0.05, 0.1) is 5.69 Å². The van der Waals surface area contributed by atoms with Crippen LogP contribution >= 0.6 is 11.6 Å². The van der Waals surface area contributed by atoms with Gasteiger partial charge in [0, 0.05) is 24.3 Å². The normalized spacial score (nSPS) is 10.3. The summed E-state index contributed by atoms with van der Waals surface area (Å²) in [5.74, 6) is 0. The van der Waals surface area contributed by atoms with Crippen LogP contribution in [0.2, 0.25) is 5.02 Å². The molecule has 16 heavy (non-hydrogen) atoms. The lowest BCUT2D eigenvalue weighted by Gasteiger charge is -2.04. The molecule has 0 atom stereocenters. The Kier molecular flexibility index (Phi) is 3.86. The number of nitrogens with zero attached hydrogens (tertiary/aromatic N) is 2. The van der Waals surface area contributed by atoms with E-state index in [1.54, 1.807) is 12.5 Å². The zero-order valence-electron chi connectivity index (χ0n) is 8.73. The molecule has 0 radical (unpaired) electrons. The Bertz CT molecular complexity index is 445. The smallest absolute Gasteiger partial charge is 0.115 e. The topological polar surface area (TPSA) is 37.8 Å². The molecule has 1 aromatic heterocycles. The van der Waals surface area contributed by atoms with Gasteiger partial charge >= 0.3 is 0 Å². The van der Waals surface area contributed by atoms with Crippen molar-refractivity contribution in [1.82, 2.24) is 15.3 Å². The predicted molar refractivity (Wildman–Crippen MR) is 64.0 cm³/mol. The second-order valence-corrected chi connectivity index (χ2v) is 3.87. The fraction of sp³-hybridized carbons (Fsp3) is 0.167. The summed E-state index contributed by atoms with van der Waals surface area (Å²) in [5, 5.41) is 4.06. The van der Waals surface area contributed by atoms with Crippen molar-refractivity contribution < 1.29 is 0 Å². The maximum atomic E-state index is 5.89. The molecule has 1 aromatic carbocycles. The molecule has 0 saturated carbocycles. The number of aromatic nitrogens is 2. The largest absolute Gasteiger partial charge is 0.307 e. The van der Waals surface area contributed by atoms with Gasteiger partial charge in [-0.25, -0.2) is 9.97 Å². The Morgan fingerprint density at radius 2 is 2.12 bits per heavy atom. The first-order valence-corrected chi connectivity index (χ1v) is 5.42. The molecule has 1 heterocycles. The molecule has 0 saturated heterocycles. The Morgan fingerprint density at radius 3 is 2.88 bits per heavy atom. The number of halogens is 1. The average molecular weight is 234 g/mol. The van der Waals surface area contributed by atoms with E-state index in [9.17, 15) is 0 Å². The van der Waals surface area contributed by atoms with Crippen LogP contribution < -0.4 is 5.32 Å². The summed E-state index contributed by atoms with van der Waals surface area (Å²) in [6, 6.07) is 9.71. The summed E-state index contributed by atoms with van der Waals surface area (Å²) in [5.41, 5.74) is 2.15. The molecular formula is C12H12ClN3. The zero-order valence-corrected chi connectivity index (χ0v) is 9.48. The molecule has 0 aliphatic heterocycles. The molecule has 0 aliphatic rings. The summed E-state index contributed by atoms with van der Waals surface area (Å²) in [6.07, 6.45) is 3.29. The van der Waals surface area contributed by atoms with Gasteiger partial charge in [0.1, 0.15) is 6.33 Å². The van der Waals surface area contributed by atoms with E-state index in [1.807, 2.05) is 30.3 Å². The highest BCUT2D eigenvalue weighted by Crippen LogP contribution is 2.10. The van der Waals surface area contributed by atoms with Crippen molar-refractivity contribution in [3.63, 3.8) is 0 Å². The Hall–Kier alpha value is -1.45. The van der Waals surface area contributed by atoms with Crippen LogP contribution in [0.5, 0.6) is 0 Å². The fourth-order valence-corrected chi connectivity index (χ4v) is 1.62. The van der Waals surface area contributed by atoms with Gasteiger partial charge in [-0.05, 0) is 23.8 Å². The Balaban J connectivity index is 1.85. The van der Waals surface area contributed by atoms with Crippen LogP contribution in [0.15, 0.2) is 42.9 Å². The Morgan fingerprint density at radius 1 is 1.19 bits per heavy atom. The van der Waals surface area contributed by atoms with Gasteiger partial charge in [-0.2, -0.15) is 0 Å². The van der Waals surface area contributed by atoms with Crippen molar-refractivity contribution in [2.45, 2.75) is 13.1 Å². The number of hydrogen-bond acceptors (Lipinski definition) is 3. The minimum atomic E-state index is 0.731. The maximum absolute atomic E-state index is 5.89. The number of rotatable bonds is 4. The van der Waals surface area contributed by atoms with E-state index in [0.717, 1.165) is 23.8 Å². The first-order chi connectivity index (χ1) is 7.84. The van der Waals surface area contributed by atoms with Gasteiger partial charge < -0.3 is 5.32 Å². The summed E-state index contributed by atoms with van der Waals surface area (Å²) >= 11 is 5.89. The molecule has 3 nitrogen and oxygen atoms in total. The second-order valence-electron chi connectivity index (χ2n) is 3.43. The first-order valence-electron chi connectivity index (χ1n) is 5.04. The average Bonchev–Trinajstić information content (AvgIpc) is 2.30. The molecule has 1 N–H and O–H groups in total. The lowest BCUT2D eigenvalue weighted by atomic mass is 10.2. The van der Waals surface area contributed by atoms with Crippen LogP contribution in [-0.2, 0) is 13.1 Å². The van der Waals surface area contributed by atoms with Crippen molar-refractivity contribution in [2.24, 2.45) is 0 Å². The van der Waals surface area contributed by atoms with Gasteiger partial charge in [-0.15, -0.1) is 0 Å². The monoisotopic (exact) mass is 233 g/mol. The van der Waals surface area contributed by atoms with E-state index in [0.29, 0.717) is 0 Å². The first kappa shape index (κ1) is 11.0. The quantitative estimate of drug-likeness (QED) is 0.882. The van der Waals surface area contributed by atoms with E-state index in [2.05, 4.69) is 15.3 Å².